The van der Waals surface area contributed by atoms with Gasteiger partial charge in [-0.2, -0.15) is 0 Å². The largest absolute Gasteiger partial charge is 2.00 e. The third-order valence-corrected chi connectivity index (χ3v) is 5.62. The molecule has 1 rings (SSSR count). The number of hydrogen-bond acceptors (Lipinski definition) is 1. The molecule has 0 unspecified atom stereocenters. The van der Waals surface area contributed by atoms with Crippen LogP contribution in [0, 0.1) is 0 Å². The van der Waals surface area contributed by atoms with Gasteiger partial charge in [0.1, 0.15) is 0 Å². The van der Waals surface area contributed by atoms with E-state index < -0.39 is 0 Å². The zero-order valence-electron chi connectivity index (χ0n) is 14.7. The second kappa shape index (κ2) is 13.9. The van der Waals surface area contributed by atoms with Crippen LogP contribution in [0.1, 0.15) is 79.5 Å². The molecular weight excluding hydrogens is 364 g/mol. The molecule has 0 atom stereocenters. The summed E-state index contributed by atoms with van der Waals surface area (Å²) < 4.78 is 2.11. The van der Waals surface area contributed by atoms with Gasteiger partial charge < -0.3 is 2.85 Å². The maximum absolute atomic E-state index is 5.99. The molecule has 114 valence electrons. The molecule has 0 radical (unpaired) electrons. The van der Waals surface area contributed by atoms with Gasteiger partial charge in [-0.1, -0.05) is 76.3 Å². The maximum atomic E-state index is 5.99. The van der Waals surface area contributed by atoms with Gasteiger partial charge in [0.05, 0.1) is 8.12 Å². The van der Waals surface area contributed by atoms with Gasteiger partial charge in [0, 0.05) is 0 Å². The Bertz CT molecular complexity index is 351. The topological polar surface area (TPSA) is 0 Å². The van der Waals surface area contributed by atoms with Gasteiger partial charge >= 0.3 is 23.1 Å². The Balaban J connectivity index is -0.00000120. The molecule has 4 heteroatoms. The summed E-state index contributed by atoms with van der Waals surface area (Å²) in [6, 6.07) is 2.10. The fraction of sp³-hybridized carbons (Fsp3) is 0.750. The molecular formula is C16H28BrClMgS. The molecule has 0 aliphatic heterocycles. The molecule has 0 N–H and O–H groups in total. The van der Waals surface area contributed by atoms with Crippen LogP contribution in [0.5, 0.6) is 0 Å². The van der Waals surface area contributed by atoms with E-state index in [1.54, 1.807) is 11.3 Å². The van der Waals surface area contributed by atoms with E-state index in [0.29, 0.717) is 0 Å². The Kier molecular flexibility index (Phi) is 14.7. The predicted molar refractivity (Wildman–Crippen MR) is 101 cm³/mol. The van der Waals surface area contributed by atoms with Crippen LogP contribution in [0.4, 0.5) is 0 Å². The average molecular weight is 392 g/mol. The Morgan fingerprint density at radius 3 is 1.95 bits per heavy atom. The van der Waals surface area contributed by atoms with Gasteiger partial charge in [-0.25, -0.2) is 0 Å². The summed E-state index contributed by atoms with van der Waals surface area (Å²) in [5, 5.41) is 0. The average Bonchev–Trinajstić information content (AvgIpc) is 2.70. The first kappa shape index (κ1) is 21.2. The molecule has 1 aromatic rings. The molecule has 0 nitrogen and oxygen atoms in total. The maximum Gasteiger partial charge on any atom is 2.00 e. The van der Waals surface area contributed by atoms with Crippen molar-refractivity contribution in [1.82, 2.24) is 0 Å². The van der Waals surface area contributed by atoms with Gasteiger partial charge in [0.15, 0.2) is 0 Å². The van der Waals surface area contributed by atoms with Crippen LogP contribution in [0.2, 0.25) is 4.34 Å². The van der Waals surface area contributed by atoms with Crippen LogP contribution in [-0.2, 0) is 6.42 Å². The quantitative estimate of drug-likeness (QED) is 0.271. The summed E-state index contributed by atoms with van der Waals surface area (Å²) in [5.41, 5.74) is 1.38. The van der Waals surface area contributed by atoms with Crippen molar-refractivity contribution >= 4 is 61.9 Å². The zero-order valence-corrected chi connectivity index (χ0v) is 17.3. The molecule has 1 heterocycles. The van der Waals surface area contributed by atoms with E-state index in [1.807, 2.05) is 0 Å². The van der Waals surface area contributed by atoms with E-state index in [4.69, 9.17) is 11.6 Å². The summed E-state index contributed by atoms with van der Waals surface area (Å²) in [4.78, 5) is 0. The molecule has 0 fully saturated rings. The van der Waals surface area contributed by atoms with E-state index >= 15 is 0 Å². The molecule has 0 spiro atoms. The van der Waals surface area contributed by atoms with E-state index in [9.17, 15) is 0 Å². The summed E-state index contributed by atoms with van der Waals surface area (Å²) in [5.74, 6) is 0. The van der Waals surface area contributed by atoms with Crippen molar-refractivity contribution in [3.05, 3.63) is 19.8 Å². The Morgan fingerprint density at radius 2 is 1.50 bits per heavy atom. The van der Waals surface area contributed by atoms with E-state index in [0.717, 1.165) is 4.34 Å². The SMILES string of the molecule is CCCCCCCCCCCCc1cc(Cl)sc1Br.[H-].[H-].[Mg+2]. The van der Waals surface area contributed by atoms with Crippen molar-refractivity contribution in [2.45, 2.75) is 77.6 Å². The molecule has 20 heavy (non-hydrogen) atoms. The van der Waals surface area contributed by atoms with Crippen LogP contribution in [0.25, 0.3) is 0 Å². The van der Waals surface area contributed by atoms with Gasteiger partial charge in [-0.15, -0.1) is 11.3 Å². The third-order valence-electron chi connectivity index (χ3n) is 3.53. The van der Waals surface area contributed by atoms with Crippen molar-refractivity contribution < 1.29 is 2.85 Å². The molecule has 0 aliphatic rings. The monoisotopic (exact) mass is 390 g/mol. The molecule has 0 aliphatic carbocycles. The van der Waals surface area contributed by atoms with Crippen LogP contribution in [-0.4, -0.2) is 23.1 Å². The smallest absolute Gasteiger partial charge is 1.00 e. The molecule has 1 aromatic heterocycles. The molecule has 0 saturated carbocycles. The summed E-state index contributed by atoms with van der Waals surface area (Å²) >= 11 is 11.2. The number of hydrogen-bond donors (Lipinski definition) is 0. The Hall–Kier alpha value is 1.24. The standard InChI is InChI=1S/C16H26BrClS.Mg.2H/c1-2-3-4-5-6-7-8-9-10-11-12-14-13-15(18)19-16(14)17;;;/h13H,2-12H2,1H3;;;/q;+2;2*-1. The molecule has 0 saturated heterocycles. The minimum Gasteiger partial charge on any atom is -1.00 e. The minimum atomic E-state index is 0. The number of halogens is 2. The molecule has 0 aromatic carbocycles. The number of aryl methyl sites for hydroxylation is 1. The molecule has 0 bridgehead atoms. The van der Waals surface area contributed by atoms with Gasteiger partial charge in [0.2, 0.25) is 0 Å². The first-order valence-corrected chi connectivity index (χ1v) is 9.66. The van der Waals surface area contributed by atoms with Crippen LogP contribution >= 0.6 is 38.9 Å². The van der Waals surface area contributed by atoms with Gasteiger partial charge in [-0.3, -0.25) is 0 Å². The molecule has 0 amide bonds. The van der Waals surface area contributed by atoms with E-state index in [1.165, 1.54) is 80.0 Å². The van der Waals surface area contributed by atoms with Gasteiger partial charge in [0.25, 0.3) is 0 Å². The van der Waals surface area contributed by atoms with Crippen LogP contribution in [0.15, 0.2) is 9.85 Å². The van der Waals surface area contributed by atoms with Gasteiger partial charge in [-0.05, 0) is 40.4 Å². The first-order valence-electron chi connectivity index (χ1n) is 7.67. The summed E-state index contributed by atoms with van der Waals surface area (Å²) in [6.07, 6.45) is 15.1. The number of thiophene rings is 1. The van der Waals surface area contributed by atoms with Crippen LogP contribution < -0.4 is 0 Å². The summed E-state index contributed by atoms with van der Waals surface area (Å²) in [6.45, 7) is 2.28. The van der Waals surface area contributed by atoms with Crippen molar-refractivity contribution in [1.29, 1.82) is 0 Å². The van der Waals surface area contributed by atoms with E-state index in [-0.39, 0.29) is 25.9 Å². The van der Waals surface area contributed by atoms with Crippen molar-refractivity contribution in [2.75, 3.05) is 0 Å². The minimum absolute atomic E-state index is 0. The van der Waals surface area contributed by atoms with Crippen molar-refractivity contribution in [2.24, 2.45) is 0 Å². The van der Waals surface area contributed by atoms with E-state index in [2.05, 4.69) is 28.9 Å². The second-order valence-corrected chi connectivity index (χ2v) is 8.28. The predicted octanol–water partition coefficient (Wildman–Crippen LogP) is 7.47. The first-order chi connectivity index (χ1) is 9.24. The Labute approximate surface area is 161 Å². The second-order valence-electron chi connectivity index (χ2n) is 5.28. The fourth-order valence-electron chi connectivity index (χ4n) is 2.35. The van der Waals surface area contributed by atoms with Crippen molar-refractivity contribution in [3.8, 4) is 0 Å². The summed E-state index contributed by atoms with van der Waals surface area (Å²) in [7, 11) is 0. The Morgan fingerprint density at radius 1 is 1.00 bits per heavy atom. The third kappa shape index (κ3) is 10.0. The van der Waals surface area contributed by atoms with Crippen molar-refractivity contribution in [3.63, 3.8) is 0 Å². The number of unbranched alkanes of at least 4 members (excludes halogenated alkanes) is 9. The normalized spacial score (nSPS) is 10.6. The zero-order chi connectivity index (χ0) is 13.9. The fourth-order valence-corrected chi connectivity index (χ4v) is 4.49. The van der Waals surface area contributed by atoms with Crippen LogP contribution in [0.3, 0.4) is 0 Å². The number of rotatable bonds is 11.